The van der Waals surface area contributed by atoms with Crippen molar-refractivity contribution < 1.29 is 19.5 Å². The lowest BCUT2D eigenvalue weighted by Crippen LogP contribution is -2.54. The third kappa shape index (κ3) is 4.93. The summed E-state index contributed by atoms with van der Waals surface area (Å²) in [6, 6.07) is 14.0. The van der Waals surface area contributed by atoms with Crippen LogP contribution in [0.1, 0.15) is 48.2 Å². The highest BCUT2D eigenvalue weighted by atomic mass is 16.3. The van der Waals surface area contributed by atoms with Crippen molar-refractivity contribution >= 4 is 17.6 Å². The van der Waals surface area contributed by atoms with Gasteiger partial charge in [-0.05, 0) is 35.1 Å². The van der Waals surface area contributed by atoms with E-state index in [1.54, 1.807) is 23.5 Å². The van der Waals surface area contributed by atoms with E-state index in [4.69, 9.17) is 0 Å². The fourth-order valence-corrected chi connectivity index (χ4v) is 5.51. The lowest BCUT2D eigenvalue weighted by Gasteiger charge is -2.35. The van der Waals surface area contributed by atoms with Crippen LogP contribution in [0.5, 0.6) is 0 Å². The number of imidazole rings is 1. The molecule has 0 saturated carbocycles. The van der Waals surface area contributed by atoms with E-state index in [-0.39, 0.29) is 42.9 Å². The normalized spacial score (nSPS) is 19.9. The largest absolute Gasteiger partial charge is 0.391 e. The Balaban J connectivity index is 1.27. The van der Waals surface area contributed by atoms with Crippen molar-refractivity contribution in [1.29, 1.82) is 0 Å². The van der Waals surface area contributed by atoms with E-state index in [1.165, 1.54) is 4.90 Å². The van der Waals surface area contributed by atoms with Crippen molar-refractivity contribution in [3.8, 4) is 11.3 Å². The fourth-order valence-electron chi connectivity index (χ4n) is 5.51. The van der Waals surface area contributed by atoms with Crippen LogP contribution in [0.4, 0.5) is 0 Å². The van der Waals surface area contributed by atoms with Gasteiger partial charge in [-0.2, -0.15) is 0 Å². The number of carbonyl (C=O) groups excluding carboxylic acids is 3. The number of hydrogen-bond acceptors (Lipinski definition) is 5. The first kappa shape index (κ1) is 24.9. The van der Waals surface area contributed by atoms with Crippen molar-refractivity contribution in [2.45, 2.75) is 57.8 Å². The van der Waals surface area contributed by atoms with Crippen LogP contribution in [0.2, 0.25) is 0 Å². The number of ketones is 1. The number of aromatic amines is 1. The Labute approximate surface area is 216 Å². The zero-order valence-corrected chi connectivity index (χ0v) is 21.1. The number of fused-ring (bicyclic) bond motifs is 1. The van der Waals surface area contributed by atoms with Crippen LogP contribution in [-0.2, 0) is 22.6 Å². The number of Topliss-reactive ketones (excluding diaryl/α,β-unsaturated/α-hetero) is 1. The molecule has 5 rings (SSSR count). The highest BCUT2D eigenvalue weighted by Gasteiger charge is 2.45. The van der Waals surface area contributed by atoms with E-state index < -0.39 is 18.2 Å². The summed E-state index contributed by atoms with van der Waals surface area (Å²) in [5, 5.41) is 10.4. The number of carbonyl (C=O) groups is 3. The number of likely N-dealkylation sites (tertiary alicyclic amines) is 1. The van der Waals surface area contributed by atoms with Gasteiger partial charge >= 0.3 is 0 Å². The minimum absolute atomic E-state index is 0.0684. The number of hydrogen-bond donors (Lipinski definition) is 2. The molecule has 8 nitrogen and oxygen atoms in total. The van der Waals surface area contributed by atoms with Gasteiger partial charge in [0.25, 0.3) is 5.91 Å². The first-order chi connectivity index (χ1) is 17.8. The third-order valence-corrected chi connectivity index (χ3v) is 7.43. The van der Waals surface area contributed by atoms with Crippen LogP contribution in [-0.4, -0.2) is 67.2 Å². The molecule has 0 bridgehead atoms. The molecule has 2 N–H and O–H groups in total. The summed E-state index contributed by atoms with van der Waals surface area (Å²) in [7, 11) is 0. The van der Waals surface area contributed by atoms with Gasteiger partial charge in [0.05, 0.1) is 30.4 Å². The van der Waals surface area contributed by atoms with E-state index in [9.17, 15) is 19.5 Å². The van der Waals surface area contributed by atoms with Crippen molar-refractivity contribution in [1.82, 2.24) is 19.8 Å². The summed E-state index contributed by atoms with van der Waals surface area (Å²) in [4.78, 5) is 50.5. The summed E-state index contributed by atoms with van der Waals surface area (Å²) < 4.78 is 0. The number of rotatable bonds is 8. The Hall–Kier alpha value is -3.78. The molecule has 3 atom stereocenters. The quantitative estimate of drug-likeness (QED) is 0.494. The first-order valence-corrected chi connectivity index (χ1v) is 12.8. The summed E-state index contributed by atoms with van der Waals surface area (Å²) in [5.41, 5.74) is 4.48. The first-order valence-electron chi connectivity index (χ1n) is 12.8. The minimum Gasteiger partial charge on any atom is -0.391 e. The second kappa shape index (κ2) is 10.3. The summed E-state index contributed by atoms with van der Waals surface area (Å²) in [6.45, 7) is 4.30. The van der Waals surface area contributed by atoms with Crippen molar-refractivity contribution in [2.75, 3.05) is 6.54 Å². The average Bonchev–Trinajstić information content (AvgIpc) is 3.63. The lowest BCUT2D eigenvalue weighted by molar-refractivity contribution is -0.142. The zero-order chi connectivity index (χ0) is 26.1. The predicted molar refractivity (Wildman–Crippen MR) is 138 cm³/mol. The van der Waals surface area contributed by atoms with Crippen LogP contribution in [0.25, 0.3) is 11.3 Å². The average molecular weight is 501 g/mol. The van der Waals surface area contributed by atoms with Gasteiger partial charge in [-0.25, -0.2) is 4.98 Å². The van der Waals surface area contributed by atoms with Crippen LogP contribution < -0.4 is 0 Å². The molecule has 3 aromatic rings. The van der Waals surface area contributed by atoms with Gasteiger partial charge in [-0.15, -0.1) is 0 Å². The molecule has 3 heterocycles. The van der Waals surface area contributed by atoms with Gasteiger partial charge in [0, 0.05) is 31.5 Å². The number of β-amino-alcohol motifs (C(OH)–C–C–N with tert-alkyl or cyclic N) is 1. The van der Waals surface area contributed by atoms with Crippen molar-refractivity contribution in [2.24, 2.45) is 5.92 Å². The van der Waals surface area contributed by atoms with Gasteiger partial charge in [-0.3, -0.25) is 14.4 Å². The predicted octanol–water partition coefficient (Wildman–Crippen LogP) is 3.22. The monoisotopic (exact) mass is 500 g/mol. The molecular weight excluding hydrogens is 468 g/mol. The molecule has 37 heavy (non-hydrogen) atoms. The van der Waals surface area contributed by atoms with Gasteiger partial charge in [-0.1, -0.05) is 56.3 Å². The number of H-pyrrole nitrogens is 1. The fraction of sp³-hybridized carbons (Fsp3) is 0.379. The Morgan fingerprint density at radius 2 is 1.89 bits per heavy atom. The molecule has 1 fully saturated rings. The molecule has 2 aliphatic rings. The number of aliphatic hydroxyl groups excluding tert-OH is 1. The molecule has 2 amide bonds. The number of benzene rings is 2. The number of aromatic nitrogens is 2. The third-order valence-electron chi connectivity index (χ3n) is 7.43. The lowest BCUT2D eigenvalue weighted by atomic mass is 9.98. The van der Waals surface area contributed by atoms with E-state index in [2.05, 4.69) is 9.97 Å². The summed E-state index contributed by atoms with van der Waals surface area (Å²) in [5.74, 6) is -0.646. The maximum atomic E-state index is 13.8. The van der Waals surface area contributed by atoms with Crippen molar-refractivity contribution in [3.05, 3.63) is 77.7 Å². The molecule has 2 aromatic carbocycles. The molecule has 2 aliphatic heterocycles. The molecule has 1 aromatic heterocycles. The van der Waals surface area contributed by atoms with E-state index in [0.717, 1.165) is 22.4 Å². The molecular formula is C29H32N4O4. The Kier molecular flexibility index (Phi) is 6.93. The molecule has 0 unspecified atom stereocenters. The number of aryl methyl sites for hydroxylation is 1. The standard InChI is InChI=1S/C29H32N4O4/c1-18(2)27(33-15-21-5-3-4-6-23(21)28(33)36)29(37)32-16-22(34)13-25(32)26(35)12-9-19-7-10-20(11-8-19)24-14-30-17-31-24/h3-8,10-11,14,17-18,22,25,27,34H,9,12-13,15-16H2,1-2H3,(H,30,31)/t22-,25+,27+/m1/s1. The summed E-state index contributed by atoms with van der Waals surface area (Å²) >= 11 is 0. The molecule has 0 aliphatic carbocycles. The smallest absolute Gasteiger partial charge is 0.255 e. The maximum Gasteiger partial charge on any atom is 0.255 e. The van der Waals surface area contributed by atoms with Crippen LogP contribution >= 0.6 is 0 Å². The highest BCUT2D eigenvalue weighted by molar-refractivity contribution is 6.01. The molecule has 0 spiro atoms. The molecule has 1 saturated heterocycles. The number of nitrogens with one attached hydrogen (secondary N) is 1. The Morgan fingerprint density at radius 3 is 2.57 bits per heavy atom. The number of nitrogens with zero attached hydrogens (tertiary/aromatic N) is 3. The second-order valence-electron chi connectivity index (χ2n) is 10.3. The minimum atomic E-state index is -0.758. The molecule has 192 valence electrons. The maximum absolute atomic E-state index is 13.8. The van der Waals surface area contributed by atoms with E-state index in [0.29, 0.717) is 18.5 Å². The summed E-state index contributed by atoms with van der Waals surface area (Å²) in [6.07, 6.45) is 3.67. The van der Waals surface area contributed by atoms with Crippen LogP contribution in [0.15, 0.2) is 61.1 Å². The Morgan fingerprint density at radius 1 is 1.14 bits per heavy atom. The SMILES string of the molecule is CC(C)[C@@H](C(=O)N1C[C@H](O)C[C@H]1C(=O)CCc1ccc(-c2cnc[nH]2)cc1)N1Cc2ccccc2C1=O. The number of aliphatic hydroxyl groups is 1. The molecule has 8 heteroatoms. The second-order valence-corrected chi connectivity index (χ2v) is 10.3. The number of amides is 2. The van der Waals surface area contributed by atoms with Gasteiger partial charge in [0.2, 0.25) is 5.91 Å². The van der Waals surface area contributed by atoms with E-state index >= 15 is 0 Å². The van der Waals surface area contributed by atoms with Crippen molar-refractivity contribution in [3.63, 3.8) is 0 Å². The Bertz CT molecular complexity index is 1290. The van der Waals surface area contributed by atoms with Gasteiger partial charge in [0.1, 0.15) is 6.04 Å². The van der Waals surface area contributed by atoms with Gasteiger partial charge < -0.3 is 19.9 Å². The topological polar surface area (TPSA) is 107 Å². The zero-order valence-electron chi connectivity index (χ0n) is 21.1. The van der Waals surface area contributed by atoms with Crippen LogP contribution in [0, 0.1) is 5.92 Å². The van der Waals surface area contributed by atoms with E-state index in [1.807, 2.05) is 56.3 Å². The molecule has 0 radical (unpaired) electrons. The van der Waals surface area contributed by atoms with Gasteiger partial charge in [0.15, 0.2) is 5.78 Å². The van der Waals surface area contributed by atoms with Crippen LogP contribution in [0.3, 0.4) is 0 Å². The highest BCUT2D eigenvalue weighted by Crippen LogP contribution is 2.30.